The number of nitrogens with one attached hydrogen (secondary N) is 1. The number of hydrogen-bond acceptors (Lipinski definition) is 3. The monoisotopic (exact) mass is 294 g/mol. The third kappa shape index (κ3) is 2.03. The number of para-hydroxylation sites is 1. The minimum Gasteiger partial charge on any atom is -0.354 e. The van der Waals surface area contributed by atoms with Crippen molar-refractivity contribution in [3.05, 3.63) is 65.6 Å². The number of hydrogen-bond donors (Lipinski definition) is 1. The molecule has 0 atom stereocenters. The quantitative estimate of drug-likeness (QED) is 0.805. The van der Waals surface area contributed by atoms with E-state index in [1.54, 1.807) is 0 Å². The Morgan fingerprint density at radius 1 is 1.14 bits per heavy atom. The molecule has 0 saturated carbocycles. The van der Waals surface area contributed by atoms with E-state index in [0.29, 0.717) is 13.2 Å². The van der Waals surface area contributed by atoms with Crippen LogP contribution in [-0.2, 0) is 21.7 Å². The maximum Gasteiger partial charge on any atom is 0.255 e. The Hall–Kier alpha value is -2.17. The first-order chi connectivity index (χ1) is 10.8. The van der Waals surface area contributed by atoms with Crippen LogP contribution in [0.25, 0.3) is 10.9 Å². The second-order valence-corrected chi connectivity index (χ2v) is 5.49. The summed E-state index contributed by atoms with van der Waals surface area (Å²) in [4.78, 5) is 8.00. The van der Waals surface area contributed by atoms with Crippen molar-refractivity contribution in [3.8, 4) is 0 Å². The van der Waals surface area contributed by atoms with Crippen molar-refractivity contribution in [1.82, 2.24) is 9.97 Å². The Morgan fingerprint density at radius 2 is 1.95 bits per heavy atom. The van der Waals surface area contributed by atoms with Crippen molar-refractivity contribution in [3.63, 3.8) is 0 Å². The lowest BCUT2D eigenvalue weighted by Crippen LogP contribution is -2.30. The van der Waals surface area contributed by atoms with E-state index in [9.17, 15) is 0 Å². The average molecular weight is 294 g/mol. The van der Waals surface area contributed by atoms with Crippen LogP contribution in [-0.4, -0.2) is 23.2 Å². The van der Waals surface area contributed by atoms with Gasteiger partial charge in [0.2, 0.25) is 0 Å². The molecule has 4 heteroatoms. The van der Waals surface area contributed by atoms with Crippen molar-refractivity contribution in [1.29, 1.82) is 0 Å². The van der Waals surface area contributed by atoms with Crippen molar-refractivity contribution in [2.45, 2.75) is 19.1 Å². The summed E-state index contributed by atoms with van der Waals surface area (Å²) in [5.41, 5.74) is 3.95. The number of pyridine rings is 1. The molecule has 0 spiro atoms. The average Bonchev–Trinajstić information content (AvgIpc) is 3.22. The third-order valence-corrected chi connectivity index (χ3v) is 4.15. The molecular formula is C18H18N2O2. The van der Waals surface area contributed by atoms with Gasteiger partial charge in [-0.25, -0.2) is 0 Å². The molecule has 1 aliphatic heterocycles. The van der Waals surface area contributed by atoms with Crippen LogP contribution in [0.15, 0.2) is 48.7 Å². The smallest absolute Gasteiger partial charge is 0.255 e. The largest absolute Gasteiger partial charge is 0.354 e. The first-order valence-electron chi connectivity index (χ1n) is 7.63. The van der Waals surface area contributed by atoms with Crippen molar-refractivity contribution in [2.75, 3.05) is 13.2 Å². The first kappa shape index (κ1) is 13.5. The summed E-state index contributed by atoms with van der Waals surface area (Å²) < 4.78 is 12.0. The number of aryl methyl sites for hydroxylation is 1. The maximum absolute atomic E-state index is 6.00. The van der Waals surface area contributed by atoms with Gasteiger partial charge in [0.15, 0.2) is 0 Å². The zero-order valence-corrected chi connectivity index (χ0v) is 12.5. The molecule has 1 fully saturated rings. The fraction of sp³-hybridized carbons (Fsp3) is 0.278. The molecule has 0 amide bonds. The zero-order chi connectivity index (χ0) is 15.0. The number of fused-ring (bicyclic) bond motifs is 1. The summed E-state index contributed by atoms with van der Waals surface area (Å²) in [6.07, 6.45) is 2.86. The highest BCUT2D eigenvalue weighted by Gasteiger charge is 2.43. The van der Waals surface area contributed by atoms with E-state index >= 15 is 0 Å². The van der Waals surface area contributed by atoms with Gasteiger partial charge < -0.3 is 14.5 Å². The minimum atomic E-state index is -0.925. The number of H-pyrrole nitrogens is 1. The van der Waals surface area contributed by atoms with Crippen LogP contribution >= 0.6 is 0 Å². The maximum atomic E-state index is 6.00. The summed E-state index contributed by atoms with van der Waals surface area (Å²) in [5.74, 6) is -0.925. The number of ether oxygens (including phenoxy) is 2. The van der Waals surface area contributed by atoms with Crippen LogP contribution in [0.3, 0.4) is 0 Å². The molecule has 2 aromatic heterocycles. The number of nitrogens with zero attached hydrogens (tertiary/aromatic N) is 1. The Kier molecular flexibility index (Phi) is 3.21. The van der Waals surface area contributed by atoms with Gasteiger partial charge in [-0.05, 0) is 35.6 Å². The van der Waals surface area contributed by atoms with E-state index < -0.39 is 5.79 Å². The van der Waals surface area contributed by atoms with Gasteiger partial charge in [0.1, 0.15) is 5.69 Å². The standard InChI is InChI=1S/C18H18N2O2/c1-2-13-7-8-16(19-12-13)18(21-9-10-22-18)17-11-14-5-3-4-6-15(14)20-17/h3-8,11-12,20H,2,9-10H2,1H3. The summed E-state index contributed by atoms with van der Waals surface area (Å²) in [5, 5.41) is 1.14. The first-order valence-corrected chi connectivity index (χ1v) is 7.63. The minimum absolute atomic E-state index is 0.562. The molecule has 4 rings (SSSR count). The van der Waals surface area contributed by atoms with E-state index in [0.717, 1.165) is 28.7 Å². The molecule has 3 heterocycles. The fourth-order valence-corrected chi connectivity index (χ4v) is 2.93. The van der Waals surface area contributed by atoms with Gasteiger partial charge in [0.05, 0.1) is 18.9 Å². The Balaban J connectivity index is 1.84. The lowest BCUT2D eigenvalue weighted by atomic mass is 10.1. The van der Waals surface area contributed by atoms with Crippen LogP contribution in [0.1, 0.15) is 23.9 Å². The van der Waals surface area contributed by atoms with Crippen LogP contribution in [0.5, 0.6) is 0 Å². The normalized spacial score (nSPS) is 17.1. The lowest BCUT2D eigenvalue weighted by molar-refractivity contribution is -0.135. The van der Waals surface area contributed by atoms with E-state index in [-0.39, 0.29) is 0 Å². The summed E-state index contributed by atoms with van der Waals surface area (Å²) in [6, 6.07) is 14.3. The number of rotatable bonds is 3. The molecule has 4 nitrogen and oxygen atoms in total. The van der Waals surface area contributed by atoms with Gasteiger partial charge >= 0.3 is 0 Å². The van der Waals surface area contributed by atoms with Crippen LogP contribution < -0.4 is 0 Å². The lowest BCUT2D eigenvalue weighted by Gasteiger charge is -2.25. The van der Waals surface area contributed by atoms with Gasteiger partial charge in [0, 0.05) is 11.7 Å². The van der Waals surface area contributed by atoms with Gasteiger partial charge in [-0.2, -0.15) is 0 Å². The summed E-state index contributed by atoms with van der Waals surface area (Å²) in [6.45, 7) is 3.24. The van der Waals surface area contributed by atoms with Crippen molar-refractivity contribution < 1.29 is 9.47 Å². The Labute approximate surface area is 129 Å². The topological polar surface area (TPSA) is 47.1 Å². The van der Waals surface area contributed by atoms with Crippen LogP contribution in [0.2, 0.25) is 0 Å². The van der Waals surface area contributed by atoms with Gasteiger partial charge in [-0.1, -0.05) is 31.2 Å². The highest BCUT2D eigenvalue weighted by Crippen LogP contribution is 2.38. The Morgan fingerprint density at radius 3 is 2.64 bits per heavy atom. The molecule has 0 radical (unpaired) electrons. The zero-order valence-electron chi connectivity index (χ0n) is 12.5. The molecule has 112 valence electrons. The highest BCUT2D eigenvalue weighted by atomic mass is 16.7. The number of aromatic amines is 1. The molecule has 1 N–H and O–H groups in total. The predicted molar refractivity (Wildman–Crippen MR) is 84.6 cm³/mol. The SMILES string of the molecule is CCc1ccc(C2(c3cc4ccccc4[nH]3)OCCO2)nc1. The van der Waals surface area contributed by atoms with E-state index in [2.05, 4.69) is 41.2 Å². The number of aromatic nitrogens is 2. The van der Waals surface area contributed by atoms with Crippen molar-refractivity contribution in [2.24, 2.45) is 0 Å². The molecule has 1 aliphatic rings. The van der Waals surface area contributed by atoms with E-state index in [1.807, 2.05) is 24.4 Å². The summed E-state index contributed by atoms with van der Waals surface area (Å²) in [7, 11) is 0. The van der Waals surface area contributed by atoms with E-state index in [1.165, 1.54) is 5.56 Å². The second-order valence-electron chi connectivity index (χ2n) is 5.49. The molecule has 1 saturated heterocycles. The van der Waals surface area contributed by atoms with Gasteiger partial charge in [-0.3, -0.25) is 4.98 Å². The molecule has 1 aromatic carbocycles. The van der Waals surface area contributed by atoms with Crippen LogP contribution in [0.4, 0.5) is 0 Å². The molecule has 0 aliphatic carbocycles. The summed E-state index contributed by atoms with van der Waals surface area (Å²) >= 11 is 0. The van der Waals surface area contributed by atoms with E-state index in [4.69, 9.17) is 9.47 Å². The van der Waals surface area contributed by atoms with Gasteiger partial charge in [-0.15, -0.1) is 0 Å². The highest BCUT2D eigenvalue weighted by molar-refractivity contribution is 5.80. The molecule has 0 bridgehead atoms. The molecule has 22 heavy (non-hydrogen) atoms. The van der Waals surface area contributed by atoms with Gasteiger partial charge in [0.25, 0.3) is 5.79 Å². The molecule has 3 aromatic rings. The molecule has 0 unspecified atom stereocenters. The number of benzene rings is 1. The van der Waals surface area contributed by atoms with Crippen LogP contribution in [0, 0.1) is 0 Å². The Bertz CT molecular complexity index is 753. The fourth-order valence-electron chi connectivity index (χ4n) is 2.93. The van der Waals surface area contributed by atoms with Crippen molar-refractivity contribution >= 4 is 10.9 Å². The predicted octanol–water partition coefficient (Wildman–Crippen LogP) is 3.37. The second kappa shape index (κ2) is 5.23. The third-order valence-electron chi connectivity index (χ3n) is 4.15. The molecular weight excluding hydrogens is 276 g/mol.